The third-order valence-corrected chi connectivity index (χ3v) is 3.65. The van der Waals surface area contributed by atoms with Crippen LogP contribution in [-0.2, 0) is 11.3 Å². The number of halogens is 1. The Hall–Kier alpha value is -0.650. The average molecular weight is 260 g/mol. The van der Waals surface area contributed by atoms with Crippen LogP contribution < -0.4 is 5.32 Å². The highest BCUT2D eigenvalue weighted by Crippen LogP contribution is 2.17. The van der Waals surface area contributed by atoms with Crippen LogP contribution in [0.5, 0.6) is 0 Å². The Morgan fingerprint density at radius 1 is 1.56 bits per heavy atom. The number of carbonyl (C=O) groups excluding carboxylic acids is 1. The van der Waals surface area contributed by atoms with Gasteiger partial charge in [-0.25, -0.2) is 4.98 Å². The molecule has 1 aliphatic heterocycles. The second-order valence-electron chi connectivity index (χ2n) is 3.75. The van der Waals surface area contributed by atoms with E-state index in [4.69, 9.17) is 11.6 Å². The van der Waals surface area contributed by atoms with E-state index in [9.17, 15) is 4.79 Å². The minimum Gasteiger partial charge on any atom is -0.342 e. The van der Waals surface area contributed by atoms with Gasteiger partial charge in [-0.05, 0) is 12.8 Å². The van der Waals surface area contributed by atoms with Crippen LogP contribution in [0.4, 0.5) is 0 Å². The van der Waals surface area contributed by atoms with Crippen molar-refractivity contribution in [1.29, 1.82) is 0 Å². The zero-order valence-electron chi connectivity index (χ0n) is 8.91. The molecule has 0 aromatic carbocycles. The highest BCUT2D eigenvalue weighted by molar-refractivity contribution is 7.15. The van der Waals surface area contributed by atoms with Crippen molar-refractivity contribution >= 4 is 28.8 Å². The fourth-order valence-electron chi connectivity index (χ4n) is 1.72. The molecule has 0 radical (unpaired) electrons. The molecule has 1 amide bonds. The molecule has 0 unspecified atom stereocenters. The lowest BCUT2D eigenvalue weighted by molar-refractivity contribution is -0.129. The maximum absolute atomic E-state index is 11.7. The molecule has 16 heavy (non-hydrogen) atoms. The molecule has 1 aliphatic rings. The minimum absolute atomic E-state index is 0.181. The van der Waals surface area contributed by atoms with Gasteiger partial charge in [-0.3, -0.25) is 4.79 Å². The molecule has 1 saturated heterocycles. The number of hydrogen-bond donors (Lipinski definition) is 1. The normalized spacial score (nSPS) is 15.7. The third kappa shape index (κ3) is 3.17. The molecule has 4 nitrogen and oxygen atoms in total. The lowest BCUT2D eigenvalue weighted by Gasteiger charge is -2.14. The highest BCUT2D eigenvalue weighted by Gasteiger charge is 2.16. The van der Waals surface area contributed by atoms with Crippen molar-refractivity contribution in [3.05, 3.63) is 15.5 Å². The molecule has 6 heteroatoms. The molecule has 0 aliphatic carbocycles. The number of aromatic nitrogens is 1. The molecule has 88 valence electrons. The highest BCUT2D eigenvalue weighted by atomic mass is 35.5. The number of rotatable bonds is 4. The summed E-state index contributed by atoms with van der Waals surface area (Å²) in [5.74, 6) is 0.181. The molecule has 0 saturated carbocycles. The summed E-state index contributed by atoms with van der Waals surface area (Å²) in [5, 5.41) is 4.01. The first-order valence-electron chi connectivity index (χ1n) is 5.34. The van der Waals surface area contributed by atoms with E-state index in [1.807, 2.05) is 4.90 Å². The van der Waals surface area contributed by atoms with Gasteiger partial charge in [0.25, 0.3) is 0 Å². The molecular formula is C10H14ClN3OS. The van der Waals surface area contributed by atoms with Gasteiger partial charge in [0.15, 0.2) is 0 Å². The molecule has 0 bridgehead atoms. The first-order chi connectivity index (χ1) is 7.75. The third-order valence-electron chi connectivity index (χ3n) is 2.54. The van der Waals surface area contributed by atoms with Crippen molar-refractivity contribution in [3.63, 3.8) is 0 Å². The molecule has 2 heterocycles. The quantitative estimate of drug-likeness (QED) is 0.892. The van der Waals surface area contributed by atoms with E-state index >= 15 is 0 Å². The Labute approximate surface area is 104 Å². The van der Waals surface area contributed by atoms with Gasteiger partial charge in [0.1, 0.15) is 9.34 Å². The summed E-state index contributed by atoms with van der Waals surface area (Å²) >= 11 is 7.20. The van der Waals surface area contributed by atoms with E-state index in [0.29, 0.717) is 17.4 Å². The number of nitrogens with one attached hydrogen (secondary N) is 1. The van der Waals surface area contributed by atoms with Crippen LogP contribution in [0.25, 0.3) is 0 Å². The van der Waals surface area contributed by atoms with Gasteiger partial charge in [-0.15, -0.1) is 11.3 Å². The molecule has 1 fully saturated rings. The van der Waals surface area contributed by atoms with E-state index in [-0.39, 0.29) is 5.91 Å². The summed E-state index contributed by atoms with van der Waals surface area (Å²) in [4.78, 5) is 17.7. The average Bonchev–Trinajstić information content (AvgIpc) is 2.89. The molecule has 1 N–H and O–H groups in total. The van der Waals surface area contributed by atoms with Crippen LogP contribution in [0.15, 0.2) is 6.20 Å². The van der Waals surface area contributed by atoms with Crippen LogP contribution in [0.1, 0.15) is 17.8 Å². The van der Waals surface area contributed by atoms with Crippen LogP contribution >= 0.6 is 22.9 Å². The Morgan fingerprint density at radius 2 is 2.31 bits per heavy atom. The van der Waals surface area contributed by atoms with Gasteiger partial charge in [0, 0.05) is 19.6 Å². The predicted molar refractivity (Wildman–Crippen MR) is 64.6 cm³/mol. The van der Waals surface area contributed by atoms with E-state index in [1.54, 1.807) is 6.20 Å². The molecule has 1 aromatic heterocycles. The maximum atomic E-state index is 11.7. The second-order valence-corrected chi connectivity index (χ2v) is 5.50. The fourth-order valence-corrected chi connectivity index (χ4v) is 2.65. The fraction of sp³-hybridized carbons (Fsp3) is 0.600. The van der Waals surface area contributed by atoms with E-state index in [1.165, 1.54) is 11.3 Å². The standard InChI is InChI=1S/C10H14ClN3OS/c11-8-5-13-9(16-8)6-12-7-10(15)14-3-1-2-4-14/h5,12H,1-4,6-7H2. The van der Waals surface area contributed by atoms with Crippen LogP contribution in [0, 0.1) is 0 Å². The first kappa shape index (κ1) is 11.8. The number of carbonyl (C=O) groups is 1. The summed E-state index contributed by atoms with van der Waals surface area (Å²) in [6, 6.07) is 0. The summed E-state index contributed by atoms with van der Waals surface area (Å²) in [6.45, 7) is 2.81. The Bertz CT molecular complexity index is 363. The summed E-state index contributed by atoms with van der Waals surface area (Å²) in [7, 11) is 0. The zero-order chi connectivity index (χ0) is 11.4. The van der Waals surface area contributed by atoms with Crippen LogP contribution in [0.3, 0.4) is 0 Å². The molecule has 1 aromatic rings. The van der Waals surface area contributed by atoms with E-state index in [0.717, 1.165) is 30.9 Å². The summed E-state index contributed by atoms with van der Waals surface area (Å²) in [5.41, 5.74) is 0. The van der Waals surface area contributed by atoms with Crippen molar-refractivity contribution in [3.8, 4) is 0 Å². The van der Waals surface area contributed by atoms with E-state index < -0.39 is 0 Å². The van der Waals surface area contributed by atoms with Crippen molar-refractivity contribution in [2.45, 2.75) is 19.4 Å². The van der Waals surface area contributed by atoms with Gasteiger partial charge < -0.3 is 10.2 Å². The lowest BCUT2D eigenvalue weighted by atomic mass is 10.4. The van der Waals surface area contributed by atoms with Crippen molar-refractivity contribution in [1.82, 2.24) is 15.2 Å². The van der Waals surface area contributed by atoms with Gasteiger partial charge >= 0.3 is 0 Å². The van der Waals surface area contributed by atoms with Crippen molar-refractivity contribution in [2.24, 2.45) is 0 Å². The number of likely N-dealkylation sites (tertiary alicyclic amines) is 1. The molecule has 0 atom stereocenters. The zero-order valence-corrected chi connectivity index (χ0v) is 10.5. The van der Waals surface area contributed by atoms with Gasteiger partial charge in [-0.1, -0.05) is 11.6 Å². The minimum atomic E-state index is 0.181. The topological polar surface area (TPSA) is 45.2 Å². The Balaban J connectivity index is 1.69. The number of hydrogen-bond acceptors (Lipinski definition) is 4. The first-order valence-corrected chi connectivity index (χ1v) is 6.54. The van der Waals surface area contributed by atoms with Crippen molar-refractivity contribution < 1.29 is 4.79 Å². The van der Waals surface area contributed by atoms with Gasteiger partial charge in [-0.2, -0.15) is 0 Å². The van der Waals surface area contributed by atoms with Crippen LogP contribution in [-0.4, -0.2) is 35.4 Å². The predicted octanol–water partition coefficient (Wildman–Crippen LogP) is 1.51. The number of amides is 1. The largest absolute Gasteiger partial charge is 0.342 e. The van der Waals surface area contributed by atoms with Crippen molar-refractivity contribution in [2.75, 3.05) is 19.6 Å². The number of thiazole rings is 1. The van der Waals surface area contributed by atoms with Gasteiger partial charge in [0.05, 0.1) is 12.7 Å². The maximum Gasteiger partial charge on any atom is 0.236 e. The summed E-state index contributed by atoms with van der Waals surface area (Å²) < 4.78 is 0.683. The molecule has 0 spiro atoms. The van der Waals surface area contributed by atoms with E-state index in [2.05, 4.69) is 10.3 Å². The number of nitrogens with zero attached hydrogens (tertiary/aromatic N) is 2. The smallest absolute Gasteiger partial charge is 0.236 e. The lowest BCUT2D eigenvalue weighted by Crippen LogP contribution is -2.35. The SMILES string of the molecule is O=C(CNCc1ncc(Cl)s1)N1CCCC1. The van der Waals surface area contributed by atoms with Gasteiger partial charge in [0.2, 0.25) is 5.91 Å². The Kier molecular flexibility index (Phi) is 4.15. The molecule has 2 rings (SSSR count). The van der Waals surface area contributed by atoms with Crippen LogP contribution in [0.2, 0.25) is 4.34 Å². The second kappa shape index (κ2) is 5.61. The Morgan fingerprint density at radius 3 is 2.94 bits per heavy atom. The molecular weight excluding hydrogens is 246 g/mol. The summed E-state index contributed by atoms with van der Waals surface area (Å²) in [6.07, 6.45) is 3.90. The monoisotopic (exact) mass is 259 g/mol.